The maximum atomic E-state index is 13.3. The van der Waals surface area contributed by atoms with Gasteiger partial charge in [0, 0.05) is 56.9 Å². The minimum Gasteiger partial charge on any atom is -0.384 e. The number of anilines is 3. The van der Waals surface area contributed by atoms with Gasteiger partial charge in [-0.3, -0.25) is 9.69 Å². The lowest BCUT2D eigenvalue weighted by atomic mass is 9.95. The van der Waals surface area contributed by atoms with E-state index in [9.17, 15) is 9.90 Å². The van der Waals surface area contributed by atoms with Gasteiger partial charge in [-0.15, -0.1) is 6.58 Å². The largest absolute Gasteiger partial charge is 0.384 e. The predicted molar refractivity (Wildman–Crippen MR) is 168 cm³/mol. The van der Waals surface area contributed by atoms with Gasteiger partial charge in [0.05, 0.1) is 18.8 Å². The number of allylic oxidation sites excluding steroid dienone is 1. The van der Waals surface area contributed by atoms with Crippen LogP contribution in [0.4, 0.5) is 17.3 Å². The molecule has 2 unspecified atom stereocenters. The van der Waals surface area contributed by atoms with Crippen molar-refractivity contribution in [3.05, 3.63) is 77.4 Å². The summed E-state index contributed by atoms with van der Waals surface area (Å²) in [4.78, 5) is 32.3. The molecule has 1 aromatic carbocycles. The molecule has 43 heavy (non-hydrogen) atoms. The summed E-state index contributed by atoms with van der Waals surface area (Å²) in [5, 5.41) is 14.2. The third-order valence-electron chi connectivity index (χ3n) is 8.45. The molecule has 3 aliphatic rings. The van der Waals surface area contributed by atoms with E-state index in [1.54, 1.807) is 56.1 Å². The summed E-state index contributed by atoms with van der Waals surface area (Å²) in [5.41, 5.74) is 1.57. The van der Waals surface area contributed by atoms with Gasteiger partial charge in [-0.05, 0) is 69.0 Å². The van der Waals surface area contributed by atoms with Crippen LogP contribution in [0.2, 0.25) is 0 Å². The molecule has 2 bridgehead atoms. The predicted octanol–water partition coefficient (Wildman–Crippen LogP) is 3.68. The number of hydrogen-bond donors (Lipinski definition) is 2. The minimum absolute atomic E-state index is 0.242. The maximum Gasteiger partial charge on any atom is 0.278 e. The standard InChI is InChI=1S/C32H40N8O3/c1-5-15-39-30(41)26-18-33-31(36-29(26)40(39)28-8-6-7-27(35-28)32(2,3)42)34-23-10-13-24(14-11-23)38-20-22-9-12-25(21-38)37(19-22)16-17-43-4/h5-8,10-11,13-14,18,22,25,42H,1,9,12,15-17,19-21H2,2-4H3,(H,33,34,36). The first kappa shape index (κ1) is 29.0. The van der Waals surface area contributed by atoms with Gasteiger partial charge < -0.3 is 20.1 Å². The van der Waals surface area contributed by atoms with E-state index in [1.165, 1.54) is 23.2 Å². The SMILES string of the molecule is C=CCn1c(=O)c2cnc(Nc3ccc(N4CC5CCC(C4)N(CCOC)C5)cc3)nc2n1-c1cccc(C(C)(C)O)n1. The fourth-order valence-corrected chi connectivity index (χ4v) is 6.25. The first-order chi connectivity index (χ1) is 20.7. The number of piperidine rings is 1. The van der Waals surface area contributed by atoms with Crippen molar-refractivity contribution >= 4 is 28.4 Å². The summed E-state index contributed by atoms with van der Waals surface area (Å²) in [6.45, 7) is 12.4. The quantitative estimate of drug-likeness (QED) is 0.270. The van der Waals surface area contributed by atoms with Gasteiger partial charge in [-0.2, -0.15) is 4.98 Å². The number of nitrogens with zero attached hydrogens (tertiary/aromatic N) is 7. The fraction of sp³-hybridized carbons (Fsp3) is 0.438. The smallest absolute Gasteiger partial charge is 0.278 e. The summed E-state index contributed by atoms with van der Waals surface area (Å²) >= 11 is 0. The Balaban J connectivity index is 1.26. The number of aromatic nitrogens is 5. The summed E-state index contributed by atoms with van der Waals surface area (Å²) < 4.78 is 8.53. The Morgan fingerprint density at radius 2 is 1.93 bits per heavy atom. The molecule has 3 aromatic heterocycles. The summed E-state index contributed by atoms with van der Waals surface area (Å²) in [5.74, 6) is 1.50. The van der Waals surface area contributed by atoms with E-state index in [0.717, 1.165) is 38.5 Å². The van der Waals surface area contributed by atoms with Crippen molar-refractivity contribution in [2.45, 2.75) is 44.9 Å². The molecule has 4 aromatic rings. The molecular weight excluding hydrogens is 544 g/mol. The molecule has 0 amide bonds. The molecule has 3 saturated heterocycles. The first-order valence-electron chi connectivity index (χ1n) is 14.9. The van der Waals surface area contributed by atoms with Crippen molar-refractivity contribution in [3.63, 3.8) is 0 Å². The topological polar surface area (TPSA) is 114 Å². The molecule has 3 aliphatic heterocycles. The third kappa shape index (κ3) is 5.93. The third-order valence-corrected chi connectivity index (χ3v) is 8.45. The summed E-state index contributed by atoms with van der Waals surface area (Å²) in [6, 6.07) is 14.3. The lowest BCUT2D eigenvalue weighted by Gasteiger charge is -2.35. The van der Waals surface area contributed by atoms with Crippen molar-refractivity contribution in [1.29, 1.82) is 0 Å². The number of fused-ring (bicyclic) bond motifs is 5. The van der Waals surface area contributed by atoms with E-state index in [4.69, 9.17) is 9.72 Å². The number of rotatable bonds is 10. The van der Waals surface area contributed by atoms with Crippen molar-refractivity contribution < 1.29 is 9.84 Å². The highest BCUT2D eigenvalue weighted by Crippen LogP contribution is 2.31. The number of ether oxygens (including phenoxy) is 1. The van der Waals surface area contributed by atoms with E-state index in [0.29, 0.717) is 40.5 Å². The molecule has 11 heteroatoms. The van der Waals surface area contributed by atoms with E-state index in [2.05, 4.69) is 43.8 Å². The lowest BCUT2D eigenvalue weighted by molar-refractivity contribution is 0.0738. The maximum absolute atomic E-state index is 13.3. The van der Waals surface area contributed by atoms with Crippen LogP contribution in [0.5, 0.6) is 0 Å². The van der Waals surface area contributed by atoms with Crippen LogP contribution in [0.25, 0.3) is 16.9 Å². The molecular formula is C32H40N8O3. The Morgan fingerprint density at radius 1 is 1.12 bits per heavy atom. The van der Waals surface area contributed by atoms with Crippen LogP contribution >= 0.6 is 0 Å². The highest BCUT2D eigenvalue weighted by Gasteiger charge is 2.34. The van der Waals surface area contributed by atoms with E-state index in [1.807, 2.05) is 12.1 Å². The van der Waals surface area contributed by atoms with E-state index >= 15 is 0 Å². The second-order valence-corrected chi connectivity index (χ2v) is 12.0. The highest BCUT2D eigenvalue weighted by molar-refractivity contribution is 5.77. The van der Waals surface area contributed by atoms with Crippen molar-refractivity contribution in [2.75, 3.05) is 50.1 Å². The molecule has 0 saturated carbocycles. The average molecular weight is 585 g/mol. The van der Waals surface area contributed by atoms with Crippen LogP contribution in [0, 0.1) is 5.92 Å². The molecule has 0 aliphatic carbocycles. The van der Waals surface area contributed by atoms with Crippen LogP contribution < -0.4 is 15.8 Å². The summed E-state index contributed by atoms with van der Waals surface area (Å²) in [7, 11) is 1.77. The van der Waals surface area contributed by atoms with Crippen LogP contribution in [0.1, 0.15) is 32.4 Å². The van der Waals surface area contributed by atoms with Gasteiger partial charge in [0.2, 0.25) is 5.95 Å². The second kappa shape index (κ2) is 11.9. The zero-order chi connectivity index (χ0) is 30.1. The zero-order valence-electron chi connectivity index (χ0n) is 25.1. The summed E-state index contributed by atoms with van der Waals surface area (Å²) in [6.07, 6.45) is 5.71. The molecule has 2 atom stereocenters. The average Bonchev–Trinajstić information content (AvgIpc) is 3.14. The Bertz CT molecular complexity index is 1660. The molecule has 0 radical (unpaired) electrons. The van der Waals surface area contributed by atoms with Gasteiger partial charge in [-0.1, -0.05) is 12.1 Å². The number of nitrogens with one attached hydrogen (secondary N) is 1. The second-order valence-electron chi connectivity index (χ2n) is 12.0. The Hall–Kier alpha value is -4.06. The molecule has 3 fully saturated rings. The van der Waals surface area contributed by atoms with Gasteiger partial charge >= 0.3 is 0 Å². The number of pyridine rings is 1. The van der Waals surface area contributed by atoms with Crippen molar-refractivity contribution in [1.82, 2.24) is 29.2 Å². The van der Waals surface area contributed by atoms with Gasteiger partial charge in [0.1, 0.15) is 11.0 Å². The molecule has 7 rings (SSSR count). The van der Waals surface area contributed by atoms with Gasteiger partial charge in [0.15, 0.2) is 11.5 Å². The van der Waals surface area contributed by atoms with Gasteiger partial charge in [0.25, 0.3) is 5.56 Å². The van der Waals surface area contributed by atoms with Crippen molar-refractivity contribution in [3.8, 4) is 5.82 Å². The zero-order valence-corrected chi connectivity index (χ0v) is 25.1. The molecule has 226 valence electrons. The monoisotopic (exact) mass is 584 g/mol. The molecule has 6 heterocycles. The minimum atomic E-state index is -1.15. The van der Waals surface area contributed by atoms with Crippen LogP contribution in [0.15, 0.2) is 66.1 Å². The van der Waals surface area contributed by atoms with Crippen molar-refractivity contribution in [2.24, 2.45) is 5.92 Å². The molecule has 0 spiro atoms. The van der Waals surface area contributed by atoms with E-state index in [-0.39, 0.29) is 12.1 Å². The molecule has 2 N–H and O–H groups in total. The van der Waals surface area contributed by atoms with Gasteiger partial charge in [-0.25, -0.2) is 19.3 Å². The van der Waals surface area contributed by atoms with Crippen LogP contribution in [-0.2, 0) is 16.9 Å². The number of benzene rings is 1. The number of hydrogen-bond acceptors (Lipinski definition) is 9. The number of aliphatic hydroxyl groups is 1. The van der Waals surface area contributed by atoms with Crippen LogP contribution in [-0.4, -0.2) is 80.3 Å². The Morgan fingerprint density at radius 3 is 2.67 bits per heavy atom. The number of methoxy groups -OCH3 is 1. The Labute approximate surface area is 251 Å². The first-order valence-corrected chi connectivity index (χ1v) is 14.9. The molecule has 11 nitrogen and oxygen atoms in total. The fourth-order valence-electron chi connectivity index (χ4n) is 6.25. The Kier molecular flexibility index (Phi) is 8.04. The normalized spacial score (nSPS) is 19.1. The van der Waals surface area contributed by atoms with Crippen LogP contribution in [0.3, 0.4) is 0 Å². The highest BCUT2D eigenvalue weighted by atomic mass is 16.5. The van der Waals surface area contributed by atoms with E-state index < -0.39 is 5.60 Å². The lowest BCUT2D eigenvalue weighted by Crippen LogP contribution is -2.45.